The van der Waals surface area contributed by atoms with Gasteiger partial charge in [-0.1, -0.05) is 5.21 Å². The summed E-state index contributed by atoms with van der Waals surface area (Å²) in [6, 6.07) is 5.32. The lowest BCUT2D eigenvalue weighted by atomic mass is 10.2. The highest BCUT2D eigenvalue weighted by atomic mass is 16.3. The molecule has 0 aliphatic carbocycles. The van der Waals surface area contributed by atoms with Crippen LogP contribution in [0, 0.1) is 13.8 Å². The zero-order valence-corrected chi connectivity index (χ0v) is 8.10. The number of phenols is 1. The minimum atomic E-state index is 0.297. The molecule has 0 bridgehead atoms. The fourth-order valence-electron chi connectivity index (χ4n) is 1.26. The zero-order valence-electron chi connectivity index (χ0n) is 8.10. The molecule has 1 heterocycles. The third-order valence-corrected chi connectivity index (χ3v) is 2.05. The van der Waals surface area contributed by atoms with Crippen molar-refractivity contribution in [2.24, 2.45) is 0 Å². The van der Waals surface area contributed by atoms with E-state index in [1.807, 2.05) is 26.1 Å². The SMILES string of the molecule is Cc1cn(-c2ccc(O)c(C)c2)nn1. The Balaban J connectivity index is 2.47. The molecule has 0 saturated carbocycles. The molecule has 14 heavy (non-hydrogen) atoms. The lowest BCUT2D eigenvalue weighted by Gasteiger charge is -2.02. The van der Waals surface area contributed by atoms with Gasteiger partial charge in [-0.15, -0.1) is 5.10 Å². The summed E-state index contributed by atoms with van der Waals surface area (Å²) in [4.78, 5) is 0. The summed E-state index contributed by atoms with van der Waals surface area (Å²) in [6.45, 7) is 3.74. The van der Waals surface area contributed by atoms with Gasteiger partial charge >= 0.3 is 0 Å². The Kier molecular flexibility index (Phi) is 1.96. The van der Waals surface area contributed by atoms with Crippen molar-refractivity contribution in [3.63, 3.8) is 0 Å². The second-order valence-corrected chi connectivity index (χ2v) is 3.28. The summed E-state index contributed by atoms with van der Waals surface area (Å²) in [5.74, 6) is 0.297. The number of benzene rings is 1. The molecular formula is C10H11N3O. The molecule has 0 unspecified atom stereocenters. The molecule has 0 fully saturated rings. The van der Waals surface area contributed by atoms with Crippen LogP contribution in [0.1, 0.15) is 11.3 Å². The van der Waals surface area contributed by atoms with E-state index in [0.29, 0.717) is 5.75 Å². The van der Waals surface area contributed by atoms with Crippen molar-refractivity contribution in [2.45, 2.75) is 13.8 Å². The molecule has 4 heteroatoms. The van der Waals surface area contributed by atoms with Gasteiger partial charge in [-0.3, -0.25) is 0 Å². The second-order valence-electron chi connectivity index (χ2n) is 3.28. The standard InChI is InChI=1S/C10H11N3O/c1-7-5-9(3-4-10(7)14)13-6-8(2)11-12-13/h3-6,14H,1-2H3. The number of hydrogen-bond acceptors (Lipinski definition) is 3. The van der Waals surface area contributed by atoms with Crippen LogP contribution in [0.5, 0.6) is 5.75 Å². The quantitative estimate of drug-likeness (QED) is 0.741. The maximum Gasteiger partial charge on any atom is 0.118 e. The Bertz CT molecular complexity index is 462. The molecule has 2 aromatic rings. The van der Waals surface area contributed by atoms with Crippen molar-refractivity contribution < 1.29 is 5.11 Å². The van der Waals surface area contributed by atoms with Crippen molar-refractivity contribution in [1.82, 2.24) is 15.0 Å². The van der Waals surface area contributed by atoms with Crippen LogP contribution in [-0.2, 0) is 0 Å². The molecule has 4 nitrogen and oxygen atoms in total. The molecular weight excluding hydrogens is 178 g/mol. The summed E-state index contributed by atoms with van der Waals surface area (Å²) in [5.41, 5.74) is 2.60. The zero-order chi connectivity index (χ0) is 10.1. The maximum atomic E-state index is 9.35. The van der Waals surface area contributed by atoms with Gasteiger partial charge in [-0.05, 0) is 37.6 Å². The molecule has 1 N–H and O–H groups in total. The number of phenolic OH excluding ortho intramolecular Hbond substituents is 1. The third kappa shape index (κ3) is 1.46. The van der Waals surface area contributed by atoms with Gasteiger partial charge in [-0.2, -0.15) is 0 Å². The summed E-state index contributed by atoms with van der Waals surface area (Å²) in [5, 5.41) is 17.2. The predicted octanol–water partition coefficient (Wildman–Crippen LogP) is 1.59. The maximum absolute atomic E-state index is 9.35. The van der Waals surface area contributed by atoms with E-state index in [4.69, 9.17) is 0 Å². The van der Waals surface area contributed by atoms with Gasteiger partial charge in [-0.25, -0.2) is 4.68 Å². The molecule has 1 aromatic heterocycles. The van der Waals surface area contributed by atoms with Crippen molar-refractivity contribution >= 4 is 0 Å². The Labute approximate surface area is 81.8 Å². The summed E-state index contributed by atoms with van der Waals surface area (Å²) < 4.78 is 1.68. The molecule has 1 aromatic carbocycles. The number of aromatic hydroxyl groups is 1. The van der Waals surface area contributed by atoms with Crippen molar-refractivity contribution in [3.05, 3.63) is 35.7 Å². The fraction of sp³-hybridized carbons (Fsp3) is 0.200. The van der Waals surface area contributed by atoms with Crippen molar-refractivity contribution in [3.8, 4) is 11.4 Å². The summed E-state index contributed by atoms with van der Waals surface area (Å²) in [7, 11) is 0. The van der Waals surface area contributed by atoms with Crippen LogP contribution in [0.15, 0.2) is 24.4 Å². The van der Waals surface area contributed by atoms with E-state index < -0.39 is 0 Å². The van der Waals surface area contributed by atoms with E-state index >= 15 is 0 Å². The third-order valence-electron chi connectivity index (χ3n) is 2.05. The average molecular weight is 189 g/mol. The van der Waals surface area contributed by atoms with Crippen LogP contribution in [0.3, 0.4) is 0 Å². The normalized spacial score (nSPS) is 10.4. The van der Waals surface area contributed by atoms with Crippen molar-refractivity contribution in [2.75, 3.05) is 0 Å². The summed E-state index contributed by atoms with van der Waals surface area (Å²) in [6.07, 6.45) is 1.84. The lowest BCUT2D eigenvalue weighted by molar-refractivity contribution is 0.471. The first-order chi connectivity index (χ1) is 6.66. The van der Waals surface area contributed by atoms with Gasteiger partial charge in [0.2, 0.25) is 0 Å². The van der Waals surface area contributed by atoms with E-state index in [2.05, 4.69) is 10.3 Å². The Morgan fingerprint density at radius 3 is 2.64 bits per heavy atom. The number of nitrogens with zero attached hydrogens (tertiary/aromatic N) is 3. The van der Waals surface area contributed by atoms with Gasteiger partial charge in [0.1, 0.15) is 5.75 Å². The van der Waals surface area contributed by atoms with Crippen LogP contribution in [0.25, 0.3) is 5.69 Å². The smallest absolute Gasteiger partial charge is 0.118 e. The fourth-order valence-corrected chi connectivity index (χ4v) is 1.26. The van der Waals surface area contributed by atoms with E-state index in [-0.39, 0.29) is 0 Å². The van der Waals surface area contributed by atoms with Crippen LogP contribution >= 0.6 is 0 Å². The molecule has 0 atom stereocenters. The van der Waals surface area contributed by atoms with E-state index in [9.17, 15) is 5.11 Å². The molecule has 0 amide bonds. The minimum absolute atomic E-state index is 0.297. The summed E-state index contributed by atoms with van der Waals surface area (Å²) >= 11 is 0. The van der Waals surface area contributed by atoms with Gasteiger partial charge in [0, 0.05) is 0 Å². The molecule has 0 spiro atoms. The first-order valence-electron chi connectivity index (χ1n) is 4.36. The van der Waals surface area contributed by atoms with E-state index in [1.54, 1.807) is 16.8 Å². The number of rotatable bonds is 1. The molecule has 2 rings (SSSR count). The molecule has 0 aliphatic rings. The highest BCUT2D eigenvalue weighted by Gasteiger charge is 2.01. The number of aryl methyl sites for hydroxylation is 2. The van der Waals surface area contributed by atoms with Gasteiger partial charge in [0.15, 0.2) is 0 Å². The van der Waals surface area contributed by atoms with E-state index in [0.717, 1.165) is 16.9 Å². The lowest BCUT2D eigenvalue weighted by Crippen LogP contribution is -1.95. The van der Waals surface area contributed by atoms with E-state index in [1.165, 1.54) is 0 Å². The average Bonchev–Trinajstić information content (AvgIpc) is 2.57. The Morgan fingerprint density at radius 2 is 2.07 bits per heavy atom. The monoisotopic (exact) mass is 189 g/mol. The Hall–Kier alpha value is -1.84. The highest BCUT2D eigenvalue weighted by molar-refractivity contribution is 5.42. The van der Waals surface area contributed by atoms with Crippen LogP contribution < -0.4 is 0 Å². The molecule has 0 radical (unpaired) electrons. The van der Waals surface area contributed by atoms with Gasteiger partial charge in [0.05, 0.1) is 17.6 Å². The van der Waals surface area contributed by atoms with Crippen LogP contribution in [0.2, 0.25) is 0 Å². The molecule has 0 aliphatic heterocycles. The topological polar surface area (TPSA) is 50.9 Å². The van der Waals surface area contributed by atoms with Gasteiger partial charge in [0.25, 0.3) is 0 Å². The molecule has 0 saturated heterocycles. The first-order valence-corrected chi connectivity index (χ1v) is 4.36. The minimum Gasteiger partial charge on any atom is -0.508 e. The largest absolute Gasteiger partial charge is 0.508 e. The first kappa shape index (κ1) is 8.74. The highest BCUT2D eigenvalue weighted by Crippen LogP contribution is 2.18. The van der Waals surface area contributed by atoms with Crippen LogP contribution in [-0.4, -0.2) is 20.1 Å². The molecule has 72 valence electrons. The van der Waals surface area contributed by atoms with Crippen LogP contribution in [0.4, 0.5) is 0 Å². The second kappa shape index (κ2) is 3.14. The van der Waals surface area contributed by atoms with Crippen molar-refractivity contribution in [1.29, 1.82) is 0 Å². The number of aromatic nitrogens is 3. The van der Waals surface area contributed by atoms with Gasteiger partial charge < -0.3 is 5.11 Å². The predicted molar refractivity (Wildman–Crippen MR) is 52.5 cm³/mol. The Morgan fingerprint density at radius 1 is 1.29 bits per heavy atom. The number of hydrogen-bond donors (Lipinski definition) is 1.